The second-order valence-corrected chi connectivity index (χ2v) is 8.21. The first-order valence-electron chi connectivity index (χ1n) is 10.2. The summed E-state index contributed by atoms with van der Waals surface area (Å²) in [5.74, 6) is 1.69. The zero-order chi connectivity index (χ0) is 18.5. The van der Waals surface area contributed by atoms with E-state index >= 15 is 0 Å². The highest BCUT2D eigenvalue weighted by molar-refractivity contribution is 14.0. The number of hydrogen-bond donors (Lipinski definition) is 2. The molecular formula is C20H43IN4O. The van der Waals surface area contributed by atoms with Gasteiger partial charge in [0.25, 0.3) is 0 Å². The third-order valence-corrected chi connectivity index (χ3v) is 5.29. The summed E-state index contributed by atoms with van der Waals surface area (Å²) >= 11 is 0. The van der Waals surface area contributed by atoms with Crippen molar-refractivity contribution in [2.75, 3.05) is 53.5 Å². The first-order valence-corrected chi connectivity index (χ1v) is 10.2. The van der Waals surface area contributed by atoms with Crippen molar-refractivity contribution in [2.45, 2.75) is 59.3 Å². The van der Waals surface area contributed by atoms with Crippen LogP contribution in [0.2, 0.25) is 0 Å². The number of piperidine rings is 1. The highest BCUT2D eigenvalue weighted by Crippen LogP contribution is 2.22. The number of aliphatic imine (C=N–C) groups is 1. The summed E-state index contributed by atoms with van der Waals surface area (Å²) in [6, 6.07) is 0. The highest BCUT2D eigenvalue weighted by Gasteiger charge is 2.20. The smallest absolute Gasteiger partial charge is 0.191 e. The predicted octanol–water partition coefficient (Wildman–Crippen LogP) is 3.73. The molecule has 0 aromatic rings. The summed E-state index contributed by atoms with van der Waals surface area (Å²) in [6.45, 7) is 13.2. The van der Waals surface area contributed by atoms with Gasteiger partial charge in [-0.25, -0.2) is 0 Å². The summed E-state index contributed by atoms with van der Waals surface area (Å²) < 4.78 is 5.17. The maximum Gasteiger partial charge on any atom is 0.191 e. The summed E-state index contributed by atoms with van der Waals surface area (Å²) in [5.41, 5.74) is 0.319. The van der Waals surface area contributed by atoms with Crippen molar-refractivity contribution < 1.29 is 4.74 Å². The van der Waals surface area contributed by atoms with E-state index in [1.807, 2.05) is 7.05 Å². The monoisotopic (exact) mass is 482 g/mol. The first-order chi connectivity index (χ1) is 12.0. The van der Waals surface area contributed by atoms with E-state index in [4.69, 9.17) is 4.74 Å². The Morgan fingerprint density at radius 3 is 2.46 bits per heavy atom. The minimum atomic E-state index is 0. The molecule has 0 radical (unpaired) electrons. The fourth-order valence-corrected chi connectivity index (χ4v) is 3.36. The largest absolute Gasteiger partial charge is 0.383 e. The molecule has 0 aliphatic carbocycles. The van der Waals surface area contributed by atoms with E-state index in [2.05, 4.69) is 41.3 Å². The van der Waals surface area contributed by atoms with Gasteiger partial charge in [-0.15, -0.1) is 24.0 Å². The van der Waals surface area contributed by atoms with Crippen LogP contribution < -0.4 is 10.6 Å². The Labute approximate surface area is 179 Å². The van der Waals surface area contributed by atoms with Gasteiger partial charge in [0.15, 0.2) is 5.96 Å². The SMILES string of the molecule is CCCCCC(C)(C)CNC(=NC)NCC1CCN(CCOC)CC1.I. The molecule has 0 aromatic heterocycles. The minimum Gasteiger partial charge on any atom is -0.383 e. The number of nitrogens with zero attached hydrogens (tertiary/aromatic N) is 2. The second kappa shape index (κ2) is 14.9. The van der Waals surface area contributed by atoms with Crippen LogP contribution in [0.25, 0.3) is 0 Å². The topological polar surface area (TPSA) is 48.9 Å². The lowest BCUT2D eigenvalue weighted by Gasteiger charge is -2.32. The molecule has 5 nitrogen and oxygen atoms in total. The summed E-state index contributed by atoms with van der Waals surface area (Å²) in [7, 11) is 3.65. The first kappa shape index (κ1) is 25.9. The fourth-order valence-electron chi connectivity index (χ4n) is 3.36. The zero-order valence-electron chi connectivity index (χ0n) is 17.8. The van der Waals surface area contributed by atoms with Crippen molar-refractivity contribution in [3.8, 4) is 0 Å². The van der Waals surface area contributed by atoms with Crippen LogP contribution in [-0.2, 0) is 4.74 Å². The third kappa shape index (κ3) is 11.6. The van der Waals surface area contributed by atoms with Crippen LogP contribution in [0.1, 0.15) is 59.3 Å². The van der Waals surface area contributed by atoms with Gasteiger partial charge in [0.1, 0.15) is 0 Å². The number of nitrogens with one attached hydrogen (secondary N) is 2. The molecule has 0 spiro atoms. The lowest BCUT2D eigenvalue weighted by Crippen LogP contribution is -2.45. The van der Waals surface area contributed by atoms with E-state index in [9.17, 15) is 0 Å². The van der Waals surface area contributed by atoms with Crippen molar-refractivity contribution in [1.29, 1.82) is 0 Å². The number of ether oxygens (including phenoxy) is 1. The zero-order valence-corrected chi connectivity index (χ0v) is 20.1. The number of methoxy groups -OCH3 is 1. The third-order valence-electron chi connectivity index (χ3n) is 5.29. The number of likely N-dealkylation sites (tertiary alicyclic amines) is 1. The van der Waals surface area contributed by atoms with Gasteiger partial charge in [-0.2, -0.15) is 0 Å². The number of unbranched alkanes of at least 4 members (excludes halogenated alkanes) is 2. The van der Waals surface area contributed by atoms with Crippen molar-refractivity contribution in [1.82, 2.24) is 15.5 Å². The van der Waals surface area contributed by atoms with E-state index in [-0.39, 0.29) is 24.0 Å². The standard InChI is InChI=1S/C20H42N4O.HI/c1-6-7-8-11-20(2,3)17-23-19(21-4)22-16-18-9-12-24(13-10-18)14-15-25-5;/h18H,6-17H2,1-5H3,(H2,21,22,23);1H. The van der Waals surface area contributed by atoms with Gasteiger partial charge >= 0.3 is 0 Å². The van der Waals surface area contributed by atoms with Crippen LogP contribution in [0.4, 0.5) is 0 Å². The van der Waals surface area contributed by atoms with Crippen molar-refractivity contribution in [3.05, 3.63) is 0 Å². The molecule has 0 bridgehead atoms. The lowest BCUT2D eigenvalue weighted by molar-refractivity contribution is 0.121. The van der Waals surface area contributed by atoms with E-state index in [1.54, 1.807) is 7.11 Å². The Morgan fingerprint density at radius 2 is 1.88 bits per heavy atom. The molecule has 156 valence electrons. The fraction of sp³-hybridized carbons (Fsp3) is 0.950. The molecule has 1 fully saturated rings. The van der Waals surface area contributed by atoms with Crippen LogP contribution in [-0.4, -0.2) is 64.3 Å². The number of hydrogen-bond acceptors (Lipinski definition) is 3. The Hall–Kier alpha value is -0.0800. The molecule has 0 unspecified atom stereocenters. The molecule has 1 aliphatic rings. The Kier molecular flexibility index (Phi) is 14.9. The average Bonchev–Trinajstić information content (AvgIpc) is 2.61. The second-order valence-electron chi connectivity index (χ2n) is 8.21. The summed E-state index contributed by atoms with van der Waals surface area (Å²) in [4.78, 5) is 6.90. The molecular weight excluding hydrogens is 439 g/mol. The molecule has 6 heteroatoms. The van der Waals surface area contributed by atoms with Crippen LogP contribution >= 0.6 is 24.0 Å². The van der Waals surface area contributed by atoms with Gasteiger partial charge in [0.2, 0.25) is 0 Å². The predicted molar refractivity (Wildman–Crippen MR) is 124 cm³/mol. The molecule has 0 amide bonds. The van der Waals surface area contributed by atoms with Gasteiger partial charge in [-0.05, 0) is 43.7 Å². The Bertz CT molecular complexity index is 369. The maximum atomic E-state index is 5.17. The molecule has 2 N–H and O–H groups in total. The normalized spacial score (nSPS) is 17.0. The van der Waals surface area contributed by atoms with Gasteiger partial charge in [0.05, 0.1) is 6.61 Å². The molecule has 0 saturated carbocycles. The molecule has 0 atom stereocenters. The van der Waals surface area contributed by atoms with E-state index in [1.165, 1.54) is 51.6 Å². The Morgan fingerprint density at radius 1 is 1.19 bits per heavy atom. The number of guanidine groups is 1. The van der Waals surface area contributed by atoms with Gasteiger partial charge < -0.3 is 20.3 Å². The van der Waals surface area contributed by atoms with Crippen LogP contribution in [0, 0.1) is 11.3 Å². The van der Waals surface area contributed by atoms with Gasteiger partial charge in [0, 0.05) is 33.8 Å². The summed E-state index contributed by atoms with van der Waals surface area (Å²) in [5, 5.41) is 7.06. The van der Waals surface area contributed by atoms with Gasteiger partial charge in [-0.3, -0.25) is 4.99 Å². The van der Waals surface area contributed by atoms with E-state index in [0.29, 0.717) is 5.41 Å². The number of halogens is 1. The molecule has 1 saturated heterocycles. The molecule has 1 aliphatic heterocycles. The highest BCUT2D eigenvalue weighted by atomic mass is 127. The van der Waals surface area contributed by atoms with E-state index < -0.39 is 0 Å². The van der Waals surface area contributed by atoms with Crippen LogP contribution in [0.5, 0.6) is 0 Å². The maximum absolute atomic E-state index is 5.17. The summed E-state index contributed by atoms with van der Waals surface area (Å²) in [6.07, 6.45) is 7.73. The van der Waals surface area contributed by atoms with Crippen molar-refractivity contribution in [3.63, 3.8) is 0 Å². The molecule has 1 heterocycles. The molecule has 26 heavy (non-hydrogen) atoms. The van der Waals surface area contributed by atoms with Crippen molar-refractivity contribution >= 4 is 29.9 Å². The Balaban J connectivity index is 0.00000625. The minimum absolute atomic E-state index is 0. The molecule has 1 rings (SSSR count). The van der Waals surface area contributed by atoms with Crippen molar-refractivity contribution in [2.24, 2.45) is 16.3 Å². The quantitative estimate of drug-likeness (QED) is 0.204. The van der Waals surface area contributed by atoms with Crippen LogP contribution in [0.3, 0.4) is 0 Å². The average molecular weight is 482 g/mol. The lowest BCUT2D eigenvalue weighted by atomic mass is 9.87. The number of rotatable bonds is 11. The molecule has 0 aromatic carbocycles. The van der Waals surface area contributed by atoms with E-state index in [0.717, 1.165) is 38.1 Å². The van der Waals surface area contributed by atoms with Crippen LogP contribution in [0.15, 0.2) is 4.99 Å². The van der Waals surface area contributed by atoms with Gasteiger partial charge in [-0.1, -0.05) is 40.0 Å².